The molecule has 1 amide bonds. The molecule has 156 valence electrons. The van der Waals surface area contributed by atoms with Gasteiger partial charge in [-0.1, -0.05) is 58.5 Å². The van der Waals surface area contributed by atoms with E-state index in [1.54, 1.807) is 35.4 Å². The van der Waals surface area contributed by atoms with Crippen molar-refractivity contribution < 1.29 is 9.53 Å². The van der Waals surface area contributed by atoms with Crippen molar-refractivity contribution in [2.45, 2.75) is 6.54 Å². The van der Waals surface area contributed by atoms with E-state index in [4.69, 9.17) is 51.1 Å². The van der Waals surface area contributed by atoms with Gasteiger partial charge in [0.05, 0.1) is 22.2 Å². The number of ether oxygens (including phenoxy) is 1. The molecule has 0 aliphatic heterocycles. The quantitative estimate of drug-likeness (QED) is 0.314. The monoisotopic (exact) mass is 546 g/mol. The van der Waals surface area contributed by atoms with Crippen molar-refractivity contribution >= 4 is 68.2 Å². The number of aromatic nitrogens is 1. The van der Waals surface area contributed by atoms with E-state index in [0.717, 1.165) is 5.56 Å². The Morgan fingerprint density at radius 3 is 2.40 bits per heavy atom. The Morgan fingerprint density at radius 2 is 1.73 bits per heavy atom. The van der Waals surface area contributed by atoms with Crippen molar-refractivity contribution in [1.82, 2.24) is 9.88 Å². The van der Waals surface area contributed by atoms with E-state index in [1.165, 1.54) is 6.20 Å². The van der Waals surface area contributed by atoms with Gasteiger partial charge in [0.1, 0.15) is 6.61 Å². The molecule has 0 radical (unpaired) electrons. The number of pyridine rings is 1. The lowest BCUT2D eigenvalue weighted by molar-refractivity contribution is 0.0716. The van der Waals surface area contributed by atoms with Crippen molar-refractivity contribution in [1.29, 1.82) is 0 Å². The SMILES string of the molecule is O=C(c1cncc(Br)c1)N(CCOc1c(Cl)cc(Cl)cc1Cl)Cc1cccc(Cl)c1. The molecule has 2 aromatic carbocycles. The number of rotatable bonds is 7. The van der Waals surface area contributed by atoms with Crippen LogP contribution in [0.3, 0.4) is 0 Å². The highest BCUT2D eigenvalue weighted by Gasteiger charge is 2.18. The fraction of sp³-hybridized carbons (Fsp3) is 0.143. The third-order valence-corrected chi connectivity index (χ3v) is 5.52. The molecule has 0 atom stereocenters. The van der Waals surface area contributed by atoms with Gasteiger partial charge in [-0.3, -0.25) is 9.78 Å². The Hall–Kier alpha value is -1.50. The van der Waals surface area contributed by atoms with E-state index >= 15 is 0 Å². The summed E-state index contributed by atoms with van der Waals surface area (Å²) in [5.74, 6) is 0.127. The van der Waals surface area contributed by atoms with Gasteiger partial charge in [0, 0.05) is 33.5 Å². The molecule has 3 rings (SSSR count). The van der Waals surface area contributed by atoms with Gasteiger partial charge in [0.25, 0.3) is 5.91 Å². The number of hydrogen-bond acceptors (Lipinski definition) is 3. The Kier molecular flexibility index (Phi) is 8.26. The fourth-order valence-corrected chi connectivity index (χ4v) is 4.25. The summed E-state index contributed by atoms with van der Waals surface area (Å²) in [5.41, 5.74) is 1.34. The van der Waals surface area contributed by atoms with Gasteiger partial charge < -0.3 is 9.64 Å². The van der Waals surface area contributed by atoms with E-state index in [-0.39, 0.29) is 19.1 Å². The van der Waals surface area contributed by atoms with Crippen LogP contribution in [-0.4, -0.2) is 28.9 Å². The molecule has 30 heavy (non-hydrogen) atoms. The molecule has 0 aliphatic rings. The van der Waals surface area contributed by atoms with Crippen LogP contribution >= 0.6 is 62.3 Å². The summed E-state index contributed by atoms with van der Waals surface area (Å²) in [6, 6.07) is 12.1. The summed E-state index contributed by atoms with van der Waals surface area (Å²) < 4.78 is 6.47. The predicted octanol–water partition coefficient (Wildman–Crippen LogP) is 7.18. The number of amides is 1. The zero-order valence-corrected chi connectivity index (χ0v) is 20.0. The maximum atomic E-state index is 13.1. The van der Waals surface area contributed by atoms with Crippen molar-refractivity contribution in [3.05, 3.63) is 90.5 Å². The van der Waals surface area contributed by atoms with Crippen LogP contribution in [0.1, 0.15) is 15.9 Å². The summed E-state index contributed by atoms with van der Waals surface area (Å²) in [6.45, 7) is 0.805. The van der Waals surface area contributed by atoms with Crippen LogP contribution in [0.4, 0.5) is 0 Å². The van der Waals surface area contributed by atoms with E-state index in [2.05, 4.69) is 20.9 Å². The molecule has 0 saturated carbocycles. The van der Waals surface area contributed by atoms with E-state index in [9.17, 15) is 4.79 Å². The molecule has 0 saturated heterocycles. The highest BCUT2D eigenvalue weighted by molar-refractivity contribution is 9.10. The highest BCUT2D eigenvalue weighted by atomic mass is 79.9. The minimum Gasteiger partial charge on any atom is -0.489 e. The summed E-state index contributed by atoms with van der Waals surface area (Å²) in [6.07, 6.45) is 3.14. The molecule has 1 aromatic heterocycles. The summed E-state index contributed by atoms with van der Waals surface area (Å²) in [4.78, 5) is 18.8. The van der Waals surface area contributed by atoms with Crippen molar-refractivity contribution in [2.75, 3.05) is 13.2 Å². The summed E-state index contributed by atoms with van der Waals surface area (Å²) in [5, 5.41) is 1.62. The van der Waals surface area contributed by atoms with Crippen LogP contribution in [0.25, 0.3) is 0 Å². The zero-order valence-electron chi connectivity index (χ0n) is 15.4. The first kappa shape index (κ1) is 23.2. The van der Waals surface area contributed by atoms with E-state index < -0.39 is 0 Å². The van der Waals surface area contributed by atoms with Crippen molar-refractivity contribution in [3.8, 4) is 5.75 Å². The first-order chi connectivity index (χ1) is 14.3. The topological polar surface area (TPSA) is 42.4 Å². The first-order valence-electron chi connectivity index (χ1n) is 8.75. The maximum Gasteiger partial charge on any atom is 0.255 e. The van der Waals surface area contributed by atoms with Crippen LogP contribution in [0, 0.1) is 0 Å². The molecule has 0 N–H and O–H groups in total. The standard InChI is InChI=1S/C21H15BrCl4N2O2/c22-15-7-14(10-27-11-15)21(29)28(12-13-2-1-3-16(23)6-13)4-5-30-20-18(25)8-17(24)9-19(20)26/h1-3,6-11H,4-5,12H2. The normalized spacial score (nSPS) is 10.7. The second kappa shape index (κ2) is 10.7. The Morgan fingerprint density at radius 1 is 1.00 bits per heavy atom. The molecule has 9 heteroatoms. The van der Waals surface area contributed by atoms with Crippen molar-refractivity contribution in [3.63, 3.8) is 0 Å². The first-order valence-corrected chi connectivity index (χ1v) is 11.1. The molecular weight excluding hydrogens is 534 g/mol. The molecule has 0 unspecified atom stereocenters. The maximum absolute atomic E-state index is 13.1. The van der Waals surface area contributed by atoms with Gasteiger partial charge in [-0.05, 0) is 51.8 Å². The lowest BCUT2D eigenvalue weighted by atomic mass is 10.2. The fourth-order valence-electron chi connectivity index (χ4n) is 2.74. The molecule has 0 bridgehead atoms. The van der Waals surface area contributed by atoms with Crippen LogP contribution in [0.5, 0.6) is 5.75 Å². The minimum absolute atomic E-state index is 0.175. The zero-order chi connectivity index (χ0) is 21.7. The molecule has 4 nitrogen and oxygen atoms in total. The summed E-state index contributed by atoms with van der Waals surface area (Å²) in [7, 11) is 0. The van der Waals surface area contributed by atoms with Gasteiger partial charge in [-0.15, -0.1) is 0 Å². The molecule has 1 heterocycles. The van der Waals surface area contributed by atoms with Crippen LogP contribution < -0.4 is 4.74 Å². The third kappa shape index (κ3) is 6.25. The minimum atomic E-state index is -0.194. The molecule has 0 spiro atoms. The van der Waals surface area contributed by atoms with Crippen molar-refractivity contribution in [2.24, 2.45) is 0 Å². The van der Waals surface area contributed by atoms with E-state index in [0.29, 0.717) is 42.4 Å². The third-order valence-electron chi connectivity index (χ3n) is 4.07. The van der Waals surface area contributed by atoms with Gasteiger partial charge in [0.15, 0.2) is 5.75 Å². The number of carbonyl (C=O) groups is 1. The number of halogens is 5. The molecule has 0 aliphatic carbocycles. The van der Waals surface area contributed by atoms with Gasteiger partial charge >= 0.3 is 0 Å². The lowest BCUT2D eigenvalue weighted by Gasteiger charge is -2.23. The van der Waals surface area contributed by atoms with Crippen LogP contribution in [-0.2, 0) is 6.54 Å². The van der Waals surface area contributed by atoms with Crippen LogP contribution in [0.15, 0.2) is 59.3 Å². The average Bonchev–Trinajstić information content (AvgIpc) is 2.68. The second-order valence-electron chi connectivity index (χ2n) is 6.30. The average molecular weight is 549 g/mol. The van der Waals surface area contributed by atoms with Gasteiger partial charge in [-0.2, -0.15) is 0 Å². The second-order valence-corrected chi connectivity index (χ2v) is 8.90. The number of hydrogen-bond donors (Lipinski definition) is 0. The largest absolute Gasteiger partial charge is 0.489 e. The Bertz CT molecular complexity index is 1040. The Labute approximate surface area is 202 Å². The number of nitrogens with zero attached hydrogens (tertiary/aromatic N) is 2. The smallest absolute Gasteiger partial charge is 0.255 e. The summed E-state index contributed by atoms with van der Waals surface area (Å²) >= 11 is 27.7. The van der Waals surface area contributed by atoms with Crippen LogP contribution in [0.2, 0.25) is 20.1 Å². The molecule has 0 fully saturated rings. The predicted molar refractivity (Wildman–Crippen MR) is 125 cm³/mol. The van der Waals surface area contributed by atoms with E-state index in [1.807, 2.05) is 18.2 Å². The molecule has 3 aromatic rings. The molecular formula is C21H15BrCl4N2O2. The highest BCUT2D eigenvalue weighted by Crippen LogP contribution is 2.35. The number of carbonyl (C=O) groups excluding carboxylic acids is 1. The number of benzene rings is 2. The van der Waals surface area contributed by atoms with Gasteiger partial charge in [-0.25, -0.2) is 0 Å². The Balaban J connectivity index is 1.78. The van der Waals surface area contributed by atoms with Gasteiger partial charge in [0.2, 0.25) is 0 Å². The lowest BCUT2D eigenvalue weighted by Crippen LogP contribution is -2.34.